The number of ether oxygens (including phenoxy) is 1. The maximum absolute atomic E-state index is 12.2. The molecule has 0 radical (unpaired) electrons. The van der Waals surface area contributed by atoms with Crippen LogP contribution in [0.4, 0.5) is 5.69 Å². The molecule has 27 heavy (non-hydrogen) atoms. The molecule has 0 bridgehead atoms. The molecule has 0 spiro atoms. The van der Waals surface area contributed by atoms with Crippen LogP contribution >= 0.6 is 0 Å². The molecule has 3 aromatic carbocycles. The number of nitrogens with zero attached hydrogens (tertiary/aromatic N) is 1. The van der Waals surface area contributed by atoms with Crippen LogP contribution in [0.3, 0.4) is 0 Å². The molecule has 0 aliphatic carbocycles. The van der Waals surface area contributed by atoms with Crippen molar-refractivity contribution in [2.24, 2.45) is 5.10 Å². The van der Waals surface area contributed by atoms with E-state index in [2.05, 4.69) is 21.9 Å². The van der Waals surface area contributed by atoms with E-state index in [1.54, 1.807) is 13.1 Å². The van der Waals surface area contributed by atoms with Gasteiger partial charge in [-0.25, -0.2) is 5.43 Å². The average Bonchev–Trinajstić information content (AvgIpc) is 2.69. The van der Waals surface area contributed by atoms with Crippen molar-refractivity contribution in [2.75, 3.05) is 11.9 Å². The van der Waals surface area contributed by atoms with Gasteiger partial charge in [0, 0.05) is 5.69 Å². The highest BCUT2D eigenvalue weighted by Gasteiger charge is 2.11. The van der Waals surface area contributed by atoms with Gasteiger partial charge in [-0.05, 0) is 60.5 Å². The van der Waals surface area contributed by atoms with Gasteiger partial charge in [0.1, 0.15) is 11.8 Å². The van der Waals surface area contributed by atoms with E-state index < -0.39 is 6.04 Å². The molecule has 1 amide bonds. The van der Waals surface area contributed by atoms with Crippen LogP contribution in [-0.4, -0.2) is 24.8 Å². The minimum absolute atomic E-state index is 0.207. The fourth-order valence-corrected chi connectivity index (χ4v) is 2.68. The molecule has 0 aliphatic heterocycles. The minimum Gasteiger partial charge on any atom is -0.494 e. The van der Waals surface area contributed by atoms with E-state index in [-0.39, 0.29) is 5.91 Å². The molecule has 5 heteroatoms. The third-order valence-corrected chi connectivity index (χ3v) is 4.10. The highest BCUT2D eigenvalue weighted by molar-refractivity contribution is 5.91. The summed E-state index contributed by atoms with van der Waals surface area (Å²) in [4.78, 5) is 12.2. The molecule has 1 unspecified atom stereocenters. The van der Waals surface area contributed by atoms with E-state index in [0.29, 0.717) is 6.61 Å². The van der Waals surface area contributed by atoms with E-state index in [1.165, 1.54) is 5.39 Å². The SMILES string of the molecule is CCOc1ccc(NC(C)C(=O)N/N=C/c2ccc3ccccc3c2)cc1. The van der Waals surface area contributed by atoms with Crippen molar-refractivity contribution in [3.63, 3.8) is 0 Å². The highest BCUT2D eigenvalue weighted by Crippen LogP contribution is 2.16. The van der Waals surface area contributed by atoms with Gasteiger partial charge in [-0.3, -0.25) is 4.79 Å². The number of anilines is 1. The molecule has 0 aromatic heterocycles. The number of nitrogens with one attached hydrogen (secondary N) is 2. The molecule has 138 valence electrons. The third kappa shape index (κ3) is 5.07. The van der Waals surface area contributed by atoms with Crippen molar-refractivity contribution >= 4 is 28.6 Å². The summed E-state index contributed by atoms with van der Waals surface area (Å²) in [7, 11) is 0. The lowest BCUT2D eigenvalue weighted by atomic mass is 10.1. The van der Waals surface area contributed by atoms with Crippen LogP contribution < -0.4 is 15.5 Å². The molecule has 0 saturated heterocycles. The molecule has 3 rings (SSSR count). The van der Waals surface area contributed by atoms with Crippen LogP contribution in [0, 0.1) is 0 Å². The first-order valence-electron chi connectivity index (χ1n) is 8.97. The zero-order chi connectivity index (χ0) is 19.1. The Morgan fingerprint density at radius 3 is 2.56 bits per heavy atom. The Balaban J connectivity index is 1.54. The smallest absolute Gasteiger partial charge is 0.262 e. The zero-order valence-electron chi connectivity index (χ0n) is 15.5. The Hall–Kier alpha value is -3.34. The number of hydrogen-bond donors (Lipinski definition) is 2. The first kappa shape index (κ1) is 18.5. The van der Waals surface area contributed by atoms with Crippen LogP contribution in [0.2, 0.25) is 0 Å². The number of amides is 1. The molecule has 5 nitrogen and oxygen atoms in total. The van der Waals surface area contributed by atoms with Gasteiger partial charge in [0.05, 0.1) is 12.8 Å². The normalized spacial score (nSPS) is 12.1. The molecular formula is C22H23N3O2. The Kier molecular flexibility index (Phi) is 6.05. The summed E-state index contributed by atoms with van der Waals surface area (Å²) in [5, 5.41) is 9.52. The summed E-state index contributed by atoms with van der Waals surface area (Å²) < 4.78 is 5.41. The first-order valence-corrected chi connectivity index (χ1v) is 8.97. The fraction of sp³-hybridized carbons (Fsp3) is 0.182. The van der Waals surface area contributed by atoms with Gasteiger partial charge in [-0.2, -0.15) is 5.10 Å². The van der Waals surface area contributed by atoms with Gasteiger partial charge < -0.3 is 10.1 Å². The highest BCUT2D eigenvalue weighted by atomic mass is 16.5. The lowest BCUT2D eigenvalue weighted by molar-refractivity contribution is -0.121. The summed E-state index contributed by atoms with van der Waals surface area (Å²) in [5.41, 5.74) is 4.35. The first-order chi connectivity index (χ1) is 13.2. The molecule has 3 aromatic rings. The van der Waals surface area contributed by atoms with Crippen molar-refractivity contribution in [3.8, 4) is 5.75 Å². The number of carbonyl (C=O) groups excluding carboxylic acids is 1. The van der Waals surface area contributed by atoms with Gasteiger partial charge >= 0.3 is 0 Å². The largest absolute Gasteiger partial charge is 0.494 e. The molecule has 0 heterocycles. The second-order valence-corrected chi connectivity index (χ2v) is 6.16. The summed E-state index contributed by atoms with van der Waals surface area (Å²) in [6, 6.07) is 21.2. The molecule has 0 fully saturated rings. The Morgan fingerprint density at radius 2 is 1.81 bits per heavy atom. The lowest BCUT2D eigenvalue weighted by Gasteiger charge is -2.14. The van der Waals surface area contributed by atoms with Gasteiger partial charge in [-0.15, -0.1) is 0 Å². The third-order valence-electron chi connectivity index (χ3n) is 4.10. The molecule has 0 aliphatic rings. The second-order valence-electron chi connectivity index (χ2n) is 6.16. The number of benzene rings is 3. The molecule has 2 N–H and O–H groups in total. The summed E-state index contributed by atoms with van der Waals surface area (Å²) >= 11 is 0. The maximum Gasteiger partial charge on any atom is 0.262 e. The zero-order valence-corrected chi connectivity index (χ0v) is 15.5. The van der Waals surface area contributed by atoms with Crippen molar-refractivity contribution in [2.45, 2.75) is 19.9 Å². The van der Waals surface area contributed by atoms with Gasteiger partial charge in [0.15, 0.2) is 0 Å². The van der Waals surface area contributed by atoms with Crippen molar-refractivity contribution in [3.05, 3.63) is 72.3 Å². The number of carbonyl (C=O) groups is 1. The number of hydrazone groups is 1. The average molecular weight is 361 g/mol. The fourth-order valence-electron chi connectivity index (χ4n) is 2.68. The van der Waals surface area contributed by atoms with E-state index >= 15 is 0 Å². The van der Waals surface area contributed by atoms with Crippen LogP contribution in [0.15, 0.2) is 71.8 Å². The second kappa shape index (κ2) is 8.85. The standard InChI is InChI=1S/C22H23N3O2/c1-3-27-21-12-10-20(11-13-21)24-16(2)22(26)25-23-15-17-8-9-18-6-4-5-7-19(18)14-17/h4-16,24H,3H2,1-2H3,(H,25,26)/b23-15+. The minimum atomic E-state index is -0.420. The predicted octanol–water partition coefficient (Wildman–Crippen LogP) is 4.19. The predicted molar refractivity (Wildman–Crippen MR) is 110 cm³/mol. The topological polar surface area (TPSA) is 62.7 Å². The Labute approximate surface area is 159 Å². The summed E-state index contributed by atoms with van der Waals surface area (Å²) in [6.45, 7) is 4.36. The number of fused-ring (bicyclic) bond motifs is 1. The summed E-state index contributed by atoms with van der Waals surface area (Å²) in [6.07, 6.45) is 1.65. The van der Waals surface area contributed by atoms with Crippen LogP contribution in [0.5, 0.6) is 5.75 Å². The maximum atomic E-state index is 12.2. The van der Waals surface area contributed by atoms with E-state index in [1.807, 2.05) is 67.6 Å². The molecule has 0 saturated carbocycles. The number of rotatable bonds is 7. The van der Waals surface area contributed by atoms with Crippen molar-refractivity contribution in [1.82, 2.24) is 5.43 Å². The quantitative estimate of drug-likeness (QED) is 0.490. The van der Waals surface area contributed by atoms with Crippen LogP contribution in [0.1, 0.15) is 19.4 Å². The summed E-state index contributed by atoms with van der Waals surface area (Å²) in [5.74, 6) is 0.598. The Bertz CT molecular complexity index is 936. The van der Waals surface area contributed by atoms with Crippen LogP contribution in [-0.2, 0) is 4.79 Å². The van der Waals surface area contributed by atoms with Gasteiger partial charge in [0.2, 0.25) is 0 Å². The van der Waals surface area contributed by atoms with E-state index in [4.69, 9.17) is 4.74 Å². The van der Waals surface area contributed by atoms with Crippen molar-refractivity contribution in [1.29, 1.82) is 0 Å². The van der Waals surface area contributed by atoms with Gasteiger partial charge in [0.25, 0.3) is 5.91 Å². The lowest BCUT2D eigenvalue weighted by Crippen LogP contribution is -2.34. The van der Waals surface area contributed by atoms with Crippen molar-refractivity contribution < 1.29 is 9.53 Å². The van der Waals surface area contributed by atoms with E-state index in [0.717, 1.165) is 22.4 Å². The monoisotopic (exact) mass is 361 g/mol. The van der Waals surface area contributed by atoms with E-state index in [9.17, 15) is 4.79 Å². The Morgan fingerprint density at radius 1 is 1.07 bits per heavy atom. The molecular weight excluding hydrogens is 338 g/mol. The van der Waals surface area contributed by atoms with Crippen LogP contribution in [0.25, 0.3) is 10.8 Å². The van der Waals surface area contributed by atoms with Gasteiger partial charge in [-0.1, -0.05) is 36.4 Å². The number of hydrogen-bond acceptors (Lipinski definition) is 4. The molecule has 1 atom stereocenters.